The van der Waals surface area contributed by atoms with Crippen molar-refractivity contribution in [2.75, 3.05) is 31.1 Å². The number of hydrogen-bond donors (Lipinski definition) is 2. The zero-order valence-corrected chi connectivity index (χ0v) is 17.7. The van der Waals surface area contributed by atoms with Gasteiger partial charge in [-0.25, -0.2) is 21.8 Å². The van der Waals surface area contributed by atoms with Crippen molar-refractivity contribution in [1.82, 2.24) is 14.9 Å². The highest BCUT2D eigenvalue weighted by molar-refractivity contribution is 7.91. The van der Waals surface area contributed by atoms with Crippen LogP contribution in [0.15, 0.2) is 34.2 Å². The van der Waals surface area contributed by atoms with Gasteiger partial charge in [0.2, 0.25) is 10.0 Å². The molecule has 2 N–H and O–H groups in total. The van der Waals surface area contributed by atoms with Crippen molar-refractivity contribution in [2.24, 2.45) is 4.99 Å². The summed E-state index contributed by atoms with van der Waals surface area (Å²) in [5.41, 5.74) is 0.886. The van der Waals surface area contributed by atoms with Crippen molar-refractivity contribution < 1.29 is 16.8 Å². The monoisotopic (exact) mass is 428 g/mol. The standard InChI is InChI=1S/C18H28N4O4S2/c1-2-19-18(21-16-9-12-27(23,24)14-16)20-13-15-5-7-17(8-6-15)28(25,26)22-10-3-4-11-22/h5-8,16H,2-4,9-14H2,1H3,(H2,19,20,21). The Morgan fingerprint density at radius 1 is 1.21 bits per heavy atom. The van der Waals surface area contributed by atoms with Crippen LogP contribution >= 0.6 is 0 Å². The predicted octanol–water partition coefficient (Wildman–Crippen LogP) is 0.713. The summed E-state index contributed by atoms with van der Waals surface area (Å²) in [6.07, 6.45) is 2.40. The molecule has 2 aliphatic rings. The highest BCUT2D eigenvalue weighted by atomic mass is 32.2. The normalized spacial score (nSPS) is 23.0. The van der Waals surface area contributed by atoms with Gasteiger partial charge in [0, 0.05) is 25.7 Å². The Hall–Kier alpha value is -1.65. The van der Waals surface area contributed by atoms with Gasteiger partial charge < -0.3 is 10.6 Å². The molecule has 0 spiro atoms. The van der Waals surface area contributed by atoms with Crippen molar-refractivity contribution in [3.8, 4) is 0 Å². The third-order valence-corrected chi connectivity index (χ3v) is 8.64. The number of sulfone groups is 1. The predicted molar refractivity (Wildman–Crippen MR) is 109 cm³/mol. The van der Waals surface area contributed by atoms with Crippen LogP contribution in [-0.4, -0.2) is 64.3 Å². The molecule has 2 aliphatic heterocycles. The Balaban J connectivity index is 1.64. The van der Waals surface area contributed by atoms with Gasteiger partial charge in [-0.05, 0) is 43.9 Å². The first kappa shape index (κ1) is 21.1. The maximum atomic E-state index is 12.6. The Kier molecular flexibility index (Phi) is 6.61. The summed E-state index contributed by atoms with van der Waals surface area (Å²) in [5.74, 6) is 0.899. The number of guanidine groups is 1. The lowest BCUT2D eigenvalue weighted by molar-refractivity contribution is 0.477. The summed E-state index contributed by atoms with van der Waals surface area (Å²) in [6.45, 7) is 4.16. The smallest absolute Gasteiger partial charge is 0.243 e. The van der Waals surface area contributed by atoms with Crippen LogP contribution in [-0.2, 0) is 26.4 Å². The molecule has 3 rings (SSSR count). The minimum absolute atomic E-state index is 0.125. The number of sulfonamides is 1. The van der Waals surface area contributed by atoms with E-state index in [9.17, 15) is 16.8 Å². The quantitative estimate of drug-likeness (QED) is 0.510. The number of nitrogens with one attached hydrogen (secondary N) is 2. The van der Waals surface area contributed by atoms with Crippen molar-refractivity contribution in [1.29, 1.82) is 0 Å². The van der Waals surface area contributed by atoms with E-state index in [1.165, 1.54) is 4.31 Å². The van der Waals surface area contributed by atoms with Gasteiger partial charge >= 0.3 is 0 Å². The molecule has 2 fully saturated rings. The summed E-state index contributed by atoms with van der Waals surface area (Å²) in [6, 6.07) is 6.67. The summed E-state index contributed by atoms with van der Waals surface area (Å²) in [7, 11) is -6.36. The number of hydrogen-bond acceptors (Lipinski definition) is 5. The highest BCUT2D eigenvalue weighted by Gasteiger charge is 2.28. The third-order valence-electron chi connectivity index (χ3n) is 4.96. The van der Waals surface area contributed by atoms with Crippen LogP contribution in [0, 0.1) is 0 Å². The van der Waals surface area contributed by atoms with Crippen LogP contribution in [0.25, 0.3) is 0 Å². The first-order valence-electron chi connectivity index (χ1n) is 9.64. The Bertz CT molecular complexity index is 905. The lowest BCUT2D eigenvalue weighted by atomic mass is 10.2. The number of benzene rings is 1. The lowest BCUT2D eigenvalue weighted by Gasteiger charge is -2.16. The van der Waals surface area contributed by atoms with Gasteiger partial charge in [0.15, 0.2) is 15.8 Å². The van der Waals surface area contributed by atoms with Gasteiger partial charge in [-0.3, -0.25) is 0 Å². The molecule has 0 bridgehead atoms. The molecule has 2 saturated heterocycles. The fourth-order valence-electron chi connectivity index (χ4n) is 3.44. The van der Waals surface area contributed by atoms with Crippen LogP contribution in [0.3, 0.4) is 0 Å². The van der Waals surface area contributed by atoms with Crippen LogP contribution in [0.4, 0.5) is 0 Å². The van der Waals surface area contributed by atoms with Crippen LogP contribution in [0.5, 0.6) is 0 Å². The van der Waals surface area contributed by atoms with E-state index < -0.39 is 19.9 Å². The van der Waals surface area contributed by atoms with Gasteiger partial charge in [0.25, 0.3) is 0 Å². The maximum absolute atomic E-state index is 12.6. The van der Waals surface area contributed by atoms with E-state index in [-0.39, 0.29) is 17.5 Å². The minimum Gasteiger partial charge on any atom is -0.357 e. The molecule has 1 atom stereocenters. The summed E-state index contributed by atoms with van der Waals surface area (Å²) in [4.78, 5) is 4.81. The second-order valence-electron chi connectivity index (χ2n) is 7.19. The highest BCUT2D eigenvalue weighted by Crippen LogP contribution is 2.21. The van der Waals surface area contributed by atoms with Gasteiger partial charge in [0.05, 0.1) is 22.9 Å². The molecule has 8 nitrogen and oxygen atoms in total. The van der Waals surface area contributed by atoms with Crippen LogP contribution in [0.1, 0.15) is 31.7 Å². The van der Waals surface area contributed by atoms with Gasteiger partial charge in [-0.1, -0.05) is 12.1 Å². The molecule has 1 unspecified atom stereocenters. The van der Waals surface area contributed by atoms with E-state index in [0.29, 0.717) is 43.5 Å². The molecule has 28 heavy (non-hydrogen) atoms. The van der Waals surface area contributed by atoms with E-state index in [1.807, 2.05) is 6.92 Å². The topological polar surface area (TPSA) is 108 Å². The minimum atomic E-state index is -3.41. The Morgan fingerprint density at radius 2 is 1.89 bits per heavy atom. The maximum Gasteiger partial charge on any atom is 0.243 e. The SMILES string of the molecule is CCNC(=NCc1ccc(S(=O)(=O)N2CCCC2)cc1)NC1CCS(=O)(=O)C1. The second kappa shape index (κ2) is 8.79. The molecule has 0 radical (unpaired) electrons. The van der Waals surface area contributed by atoms with Crippen molar-refractivity contribution in [3.63, 3.8) is 0 Å². The van der Waals surface area contributed by atoms with Crippen molar-refractivity contribution >= 4 is 25.8 Å². The summed E-state index contributed by atoms with van der Waals surface area (Å²) in [5, 5.41) is 6.29. The van der Waals surface area contributed by atoms with E-state index in [2.05, 4.69) is 15.6 Å². The van der Waals surface area contributed by atoms with E-state index >= 15 is 0 Å². The average Bonchev–Trinajstić information content (AvgIpc) is 3.30. The van der Waals surface area contributed by atoms with Gasteiger partial charge in [0.1, 0.15) is 0 Å². The van der Waals surface area contributed by atoms with Crippen LogP contribution < -0.4 is 10.6 Å². The lowest BCUT2D eigenvalue weighted by Crippen LogP contribution is -2.44. The van der Waals surface area contributed by atoms with Gasteiger partial charge in [-0.15, -0.1) is 0 Å². The van der Waals surface area contributed by atoms with Crippen LogP contribution in [0.2, 0.25) is 0 Å². The summed E-state index contributed by atoms with van der Waals surface area (Å²) < 4.78 is 49.9. The molecule has 0 amide bonds. The van der Waals surface area contributed by atoms with Gasteiger partial charge in [-0.2, -0.15) is 4.31 Å². The fraction of sp³-hybridized carbons (Fsp3) is 0.611. The molecule has 0 saturated carbocycles. The second-order valence-corrected chi connectivity index (χ2v) is 11.4. The van der Waals surface area contributed by atoms with E-state index in [1.54, 1.807) is 24.3 Å². The first-order chi connectivity index (χ1) is 13.3. The molecule has 1 aromatic rings. The molecule has 10 heteroatoms. The number of rotatable bonds is 6. The zero-order valence-electron chi connectivity index (χ0n) is 16.1. The molecule has 0 aromatic heterocycles. The largest absolute Gasteiger partial charge is 0.357 e. The Morgan fingerprint density at radius 3 is 2.46 bits per heavy atom. The van der Waals surface area contributed by atoms with E-state index in [0.717, 1.165) is 18.4 Å². The molecular formula is C18H28N4O4S2. The molecule has 1 aromatic carbocycles. The van der Waals surface area contributed by atoms with E-state index in [4.69, 9.17) is 0 Å². The third kappa shape index (κ3) is 5.24. The molecule has 2 heterocycles. The zero-order chi connectivity index (χ0) is 20.2. The summed E-state index contributed by atoms with van der Waals surface area (Å²) >= 11 is 0. The first-order valence-corrected chi connectivity index (χ1v) is 12.9. The fourth-order valence-corrected chi connectivity index (χ4v) is 6.63. The van der Waals surface area contributed by atoms with Crippen molar-refractivity contribution in [3.05, 3.63) is 29.8 Å². The Labute approximate surface area is 167 Å². The molecular weight excluding hydrogens is 400 g/mol. The molecule has 156 valence electrons. The number of aliphatic imine (C=N–C) groups is 1. The molecule has 0 aliphatic carbocycles. The van der Waals surface area contributed by atoms with Crippen molar-refractivity contribution in [2.45, 2.75) is 43.7 Å². The number of nitrogens with zero attached hydrogens (tertiary/aromatic N) is 2. The average molecular weight is 429 g/mol.